The second kappa shape index (κ2) is 4.15. The van der Waals surface area contributed by atoms with E-state index < -0.39 is 0 Å². The maximum absolute atomic E-state index is 4.13. The van der Waals surface area contributed by atoms with E-state index in [0.717, 1.165) is 11.4 Å². The molecule has 3 rings (SSSR count). The smallest absolute Gasteiger partial charge is 0.0653 e. The van der Waals surface area contributed by atoms with Crippen LogP contribution in [0.1, 0.15) is 25.3 Å². The number of aromatic amines is 1. The molecule has 1 aromatic heterocycles. The first-order valence-electron chi connectivity index (χ1n) is 6.38. The van der Waals surface area contributed by atoms with E-state index in [9.17, 15) is 0 Å². The molecule has 1 aliphatic heterocycles. The largest absolute Gasteiger partial charge is 0.302 e. The van der Waals surface area contributed by atoms with Crippen LogP contribution in [0.25, 0.3) is 10.9 Å². The van der Waals surface area contributed by atoms with Gasteiger partial charge in [0, 0.05) is 30.9 Å². The summed E-state index contributed by atoms with van der Waals surface area (Å²) in [5, 5.41) is 8.47. The first kappa shape index (κ1) is 10.8. The highest BCUT2D eigenvalue weighted by Crippen LogP contribution is 2.31. The topological polar surface area (TPSA) is 31.9 Å². The number of fused-ring (bicyclic) bond motifs is 1. The summed E-state index contributed by atoms with van der Waals surface area (Å²) in [6.07, 6.45) is 1.95. The average Bonchev–Trinajstić information content (AvgIpc) is 2.70. The molecule has 2 heterocycles. The van der Waals surface area contributed by atoms with Crippen LogP contribution >= 0.6 is 0 Å². The number of hydrogen-bond donors (Lipinski definition) is 1. The van der Waals surface area contributed by atoms with Gasteiger partial charge in [-0.05, 0) is 17.5 Å². The van der Waals surface area contributed by atoms with Gasteiger partial charge in [-0.15, -0.1) is 0 Å². The Hall–Kier alpha value is -1.35. The van der Waals surface area contributed by atoms with Gasteiger partial charge in [-0.2, -0.15) is 5.10 Å². The highest BCUT2D eigenvalue weighted by Gasteiger charge is 2.29. The molecule has 90 valence electrons. The zero-order valence-corrected chi connectivity index (χ0v) is 10.5. The van der Waals surface area contributed by atoms with E-state index in [-0.39, 0.29) is 0 Å². The summed E-state index contributed by atoms with van der Waals surface area (Å²) in [6.45, 7) is 8.18. The fourth-order valence-corrected chi connectivity index (χ4v) is 2.78. The molecule has 0 spiro atoms. The Morgan fingerprint density at radius 3 is 3.00 bits per heavy atom. The zero-order chi connectivity index (χ0) is 11.8. The molecule has 1 aromatic carbocycles. The van der Waals surface area contributed by atoms with E-state index in [1.54, 1.807) is 0 Å². The molecule has 1 N–H and O–H groups in total. The number of aromatic nitrogens is 2. The predicted molar refractivity (Wildman–Crippen MR) is 70.1 cm³/mol. The van der Waals surface area contributed by atoms with Crippen LogP contribution in [-0.4, -0.2) is 34.7 Å². The van der Waals surface area contributed by atoms with E-state index in [2.05, 4.69) is 47.1 Å². The lowest BCUT2D eigenvalue weighted by Crippen LogP contribution is -2.46. The van der Waals surface area contributed by atoms with E-state index in [1.807, 2.05) is 6.20 Å². The molecule has 0 radical (unpaired) electrons. The lowest BCUT2D eigenvalue weighted by Gasteiger charge is -2.40. The van der Waals surface area contributed by atoms with Crippen molar-refractivity contribution < 1.29 is 0 Å². The molecule has 17 heavy (non-hydrogen) atoms. The Bertz CT molecular complexity index is 509. The highest BCUT2D eigenvalue weighted by molar-refractivity contribution is 5.82. The third-order valence-electron chi connectivity index (χ3n) is 3.54. The van der Waals surface area contributed by atoms with E-state index in [0.29, 0.717) is 5.92 Å². The lowest BCUT2D eigenvalue weighted by molar-refractivity contribution is 0.132. The molecule has 1 saturated heterocycles. The number of rotatable bonds is 3. The van der Waals surface area contributed by atoms with Crippen molar-refractivity contribution in [3.8, 4) is 0 Å². The van der Waals surface area contributed by atoms with Gasteiger partial charge in [0.1, 0.15) is 0 Å². The SMILES string of the molecule is CC(C)CN1CC(c2cccc3[nH]ncc23)C1. The number of H-pyrrole nitrogens is 1. The fourth-order valence-electron chi connectivity index (χ4n) is 2.78. The van der Waals surface area contributed by atoms with Crippen LogP contribution < -0.4 is 0 Å². The fraction of sp³-hybridized carbons (Fsp3) is 0.500. The lowest BCUT2D eigenvalue weighted by atomic mass is 9.89. The Kier molecular flexibility index (Phi) is 2.63. The Balaban J connectivity index is 1.76. The van der Waals surface area contributed by atoms with Crippen LogP contribution in [-0.2, 0) is 0 Å². The molecule has 0 amide bonds. The van der Waals surface area contributed by atoms with Crippen molar-refractivity contribution in [2.24, 2.45) is 5.92 Å². The molecule has 1 fully saturated rings. The Morgan fingerprint density at radius 2 is 2.24 bits per heavy atom. The van der Waals surface area contributed by atoms with E-state index >= 15 is 0 Å². The van der Waals surface area contributed by atoms with Crippen LogP contribution in [0.4, 0.5) is 0 Å². The van der Waals surface area contributed by atoms with E-state index in [4.69, 9.17) is 0 Å². The van der Waals surface area contributed by atoms with Crippen molar-refractivity contribution in [1.82, 2.24) is 15.1 Å². The van der Waals surface area contributed by atoms with Gasteiger partial charge in [0.2, 0.25) is 0 Å². The summed E-state index contributed by atoms with van der Waals surface area (Å²) in [5.74, 6) is 1.45. The molecule has 0 unspecified atom stereocenters. The van der Waals surface area contributed by atoms with Gasteiger partial charge in [0.15, 0.2) is 0 Å². The third kappa shape index (κ3) is 1.95. The van der Waals surface area contributed by atoms with Crippen molar-refractivity contribution >= 4 is 10.9 Å². The number of nitrogens with zero attached hydrogens (tertiary/aromatic N) is 2. The first-order valence-corrected chi connectivity index (χ1v) is 6.38. The Morgan fingerprint density at radius 1 is 1.41 bits per heavy atom. The Labute approximate surface area is 102 Å². The molecular weight excluding hydrogens is 210 g/mol. The van der Waals surface area contributed by atoms with Gasteiger partial charge in [0.25, 0.3) is 0 Å². The summed E-state index contributed by atoms with van der Waals surface area (Å²) in [4.78, 5) is 2.54. The van der Waals surface area contributed by atoms with Crippen molar-refractivity contribution in [1.29, 1.82) is 0 Å². The zero-order valence-electron chi connectivity index (χ0n) is 10.5. The van der Waals surface area contributed by atoms with Crippen LogP contribution in [0.3, 0.4) is 0 Å². The molecule has 1 aliphatic rings. The van der Waals surface area contributed by atoms with Crippen molar-refractivity contribution in [3.05, 3.63) is 30.0 Å². The number of hydrogen-bond acceptors (Lipinski definition) is 2. The first-order chi connectivity index (χ1) is 8.24. The maximum atomic E-state index is 4.13. The highest BCUT2D eigenvalue weighted by atomic mass is 15.2. The predicted octanol–water partition coefficient (Wildman–Crippen LogP) is 2.62. The molecule has 3 nitrogen and oxygen atoms in total. The van der Waals surface area contributed by atoms with Crippen molar-refractivity contribution in [2.75, 3.05) is 19.6 Å². The average molecular weight is 229 g/mol. The summed E-state index contributed by atoms with van der Waals surface area (Å²) in [7, 11) is 0. The minimum absolute atomic E-state index is 0.690. The second-order valence-corrected chi connectivity index (χ2v) is 5.49. The molecule has 0 bridgehead atoms. The standard InChI is InChI=1S/C14H19N3/c1-10(2)7-17-8-11(9-17)12-4-3-5-14-13(12)6-15-16-14/h3-6,10-11H,7-9H2,1-2H3,(H,15,16). The van der Waals surface area contributed by atoms with Gasteiger partial charge >= 0.3 is 0 Å². The molecule has 0 saturated carbocycles. The summed E-state index contributed by atoms with van der Waals surface area (Å²) >= 11 is 0. The molecule has 3 heteroatoms. The summed E-state index contributed by atoms with van der Waals surface area (Å²) in [5.41, 5.74) is 2.61. The monoisotopic (exact) mass is 229 g/mol. The van der Waals surface area contributed by atoms with Crippen LogP contribution in [0.15, 0.2) is 24.4 Å². The normalized spacial score (nSPS) is 17.8. The van der Waals surface area contributed by atoms with Crippen molar-refractivity contribution in [2.45, 2.75) is 19.8 Å². The van der Waals surface area contributed by atoms with Gasteiger partial charge in [-0.1, -0.05) is 26.0 Å². The summed E-state index contributed by atoms with van der Waals surface area (Å²) < 4.78 is 0. The maximum Gasteiger partial charge on any atom is 0.0653 e. The van der Waals surface area contributed by atoms with Gasteiger partial charge in [0.05, 0.1) is 11.7 Å². The number of benzene rings is 1. The van der Waals surface area contributed by atoms with E-state index in [1.165, 1.54) is 30.6 Å². The van der Waals surface area contributed by atoms with Gasteiger partial charge in [-0.3, -0.25) is 5.10 Å². The van der Waals surface area contributed by atoms with Crippen LogP contribution in [0.5, 0.6) is 0 Å². The second-order valence-electron chi connectivity index (χ2n) is 5.49. The van der Waals surface area contributed by atoms with Gasteiger partial charge < -0.3 is 4.90 Å². The molecule has 2 aromatic rings. The van der Waals surface area contributed by atoms with Gasteiger partial charge in [-0.25, -0.2) is 0 Å². The molecule has 0 atom stereocenters. The molecule has 0 aliphatic carbocycles. The molecular formula is C14H19N3. The number of nitrogens with one attached hydrogen (secondary N) is 1. The third-order valence-corrected chi connectivity index (χ3v) is 3.54. The minimum atomic E-state index is 0.690. The van der Waals surface area contributed by atoms with Crippen LogP contribution in [0.2, 0.25) is 0 Å². The summed E-state index contributed by atoms with van der Waals surface area (Å²) in [6, 6.07) is 6.46. The van der Waals surface area contributed by atoms with Crippen molar-refractivity contribution in [3.63, 3.8) is 0 Å². The minimum Gasteiger partial charge on any atom is -0.302 e. The number of likely N-dealkylation sites (tertiary alicyclic amines) is 1. The van der Waals surface area contributed by atoms with Crippen LogP contribution in [0, 0.1) is 5.92 Å². The quantitative estimate of drug-likeness (QED) is 0.877.